The number of ether oxygens (including phenoxy) is 2. The van der Waals surface area contributed by atoms with Crippen LogP contribution in [0.15, 0.2) is 12.4 Å². The van der Waals surface area contributed by atoms with E-state index in [1.165, 1.54) is 0 Å². The third kappa shape index (κ3) is 2.04. The number of rotatable bonds is 4. The van der Waals surface area contributed by atoms with E-state index >= 15 is 0 Å². The molecule has 15 heavy (non-hydrogen) atoms. The smallest absolute Gasteiger partial charge is 0.144 e. The zero-order valence-corrected chi connectivity index (χ0v) is 9.12. The van der Waals surface area contributed by atoms with Crippen LogP contribution in [0.4, 0.5) is 0 Å². The van der Waals surface area contributed by atoms with Crippen molar-refractivity contribution in [3.05, 3.63) is 18.0 Å². The first kappa shape index (κ1) is 10.2. The Morgan fingerprint density at radius 2 is 1.87 bits per heavy atom. The molecule has 0 radical (unpaired) electrons. The van der Waals surface area contributed by atoms with Crippen LogP contribution in [0.1, 0.15) is 5.56 Å². The fraction of sp³-hybridized carbons (Fsp3) is 0.545. The lowest BCUT2D eigenvalue weighted by Gasteiger charge is -2.28. The van der Waals surface area contributed by atoms with E-state index in [0.717, 1.165) is 36.6 Å². The van der Waals surface area contributed by atoms with Crippen LogP contribution in [-0.4, -0.2) is 32.3 Å². The SMILES string of the molecule is COc1cncc(OC)c1CC1CNC1. The molecule has 0 atom stereocenters. The zero-order chi connectivity index (χ0) is 10.7. The van der Waals surface area contributed by atoms with Crippen molar-refractivity contribution in [2.24, 2.45) is 5.92 Å². The molecule has 1 fully saturated rings. The lowest BCUT2D eigenvalue weighted by molar-refractivity contribution is 0.327. The van der Waals surface area contributed by atoms with Gasteiger partial charge in [-0.3, -0.25) is 4.98 Å². The second-order valence-electron chi connectivity index (χ2n) is 3.75. The Hall–Kier alpha value is -1.29. The van der Waals surface area contributed by atoms with E-state index in [0.29, 0.717) is 5.92 Å². The highest BCUT2D eigenvalue weighted by molar-refractivity contribution is 5.42. The van der Waals surface area contributed by atoms with Gasteiger partial charge < -0.3 is 14.8 Å². The predicted molar refractivity (Wildman–Crippen MR) is 57.4 cm³/mol. The van der Waals surface area contributed by atoms with Crippen LogP contribution in [0.25, 0.3) is 0 Å². The molecule has 1 aromatic heterocycles. The Balaban J connectivity index is 2.23. The van der Waals surface area contributed by atoms with E-state index in [1.807, 2.05) is 0 Å². The molecule has 1 aliphatic rings. The summed E-state index contributed by atoms with van der Waals surface area (Å²) in [5, 5.41) is 3.26. The Kier molecular flexibility index (Phi) is 3.06. The van der Waals surface area contributed by atoms with Crippen molar-refractivity contribution in [2.75, 3.05) is 27.3 Å². The number of aromatic nitrogens is 1. The number of pyridine rings is 1. The molecule has 0 spiro atoms. The summed E-state index contributed by atoms with van der Waals surface area (Å²) in [6.07, 6.45) is 4.47. The summed E-state index contributed by atoms with van der Waals surface area (Å²) in [5.41, 5.74) is 1.13. The van der Waals surface area contributed by atoms with E-state index in [1.54, 1.807) is 26.6 Å². The van der Waals surface area contributed by atoms with Gasteiger partial charge in [0.2, 0.25) is 0 Å². The third-order valence-electron chi connectivity index (χ3n) is 2.78. The van der Waals surface area contributed by atoms with Gasteiger partial charge in [-0.25, -0.2) is 0 Å². The largest absolute Gasteiger partial charge is 0.495 e. The Morgan fingerprint density at radius 1 is 1.27 bits per heavy atom. The zero-order valence-electron chi connectivity index (χ0n) is 9.12. The van der Waals surface area contributed by atoms with Gasteiger partial charge in [0.25, 0.3) is 0 Å². The number of hydrogen-bond acceptors (Lipinski definition) is 4. The van der Waals surface area contributed by atoms with Crippen molar-refractivity contribution in [1.29, 1.82) is 0 Å². The van der Waals surface area contributed by atoms with Crippen LogP contribution in [0, 0.1) is 5.92 Å². The minimum absolute atomic E-state index is 0.690. The van der Waals surface area contributed by atoms with Crippen molar-refractivity contribution in [3.63, 3.8) is 0 Å². The molecule has 2 rings (SSSR count). The van der Waals surface area contributed by atoms with Crippen molar-refractivity contribution in [3.8, 4) is 11.5 Å². The van der Waals surface area contributed by atoms with Gasteiger partial charge in [0.05, 0.1) is 26.6 Å². The van der Waals surface area contributed by atoms with Crippen LogP contribution >= 0.6 is 0 Å². The summed E-state index contributed by atoms with van der Waals surface area (Å²) in [4.78, 5) is 4.07. The first-order valence-electron chi connectivity index (χ1n) is 5.10. The predicted octanol–water partition coefficient (Wildman–Crippen LogP) is 0.861. The normalized spacial score (nSPS) is 15.9. The lowest BCUT2D eigenvalue weighted by atomic mass is 9.94. The number of nitrogens with zero attached hydrogens (tertiary/aromatic N) is 1. The molecule has 2 heterocycles. The highest BCUT2D eigenvalue weighted by Gasteiger charge is 2.21. The van der Waals surface area contributed by atoms with Crippen LogP contribution in [-0.2, 0) is 6.42 Å². The van der Waals surface area contributed by atoms with E-state index in [2.05, 4.69) is 10.3 Å². The highest BCUT2D eigenvalue weighted by Crippen LogP contribution is 2.30. The molecular formula is C11H16N2O2. The monoisotopic (exact) mass is 208 g/mol. The van der Waals surface area contributed by atoms with Crippen LogP contribution in [0.3, 0.4) is 0 Å². The maximum atomic E-state index is 5.29. The molecular weight excluding hydrogens is 192 g/mol. The fourth-order valence-corrected chi connectivity index (χ4v) is 1.78. The maximum absolute atomic E-state index is 5.29. The van der Waals surface area contributed by atoms with Crippen molar-refractivity contribution in [1.82, 2.24) is 10.3 Å². The van der Waals surface area contributed by atoms with E-state index in [9.17, 15) is 0 Å². The van der Waals surface area contributed by atoms with Gasteiger partial charge in [-0.1, -0.05) is 0 Å². The second-order valence-corrected chi connectivity index (χ2v) is 3.75. The van der Waals surface area contributed by atoms with Gasteiger partial charge in [-0.15, -0.1) is 0 Å². The average molecular weight is 208 g/mol. The summed E-state index contributed by atoms with van der Waals surface area (Å²) in [6, 6.07) is 0. The van der Waals surface area contributed by atoms with Gasteiger partial charge in [-0.05, 0) is 25.4 Å². The van der Waals surface area contributed by atoms with Crippen LogP contribution in [0.5, 0.6) is 11.5 Å². The Morgan fingerprint density at radius 3 is 2.27 bits per heavy atom. The van der Waals surface area contributed by atoms with Gasteiger partial charge in [0, 0.05) is 5.56 Å². The van der Waals surface area contributed by atoms with E-state index in [4.69, 9.17) is 9.47 Å². The summed E-state index contributed by atoms with van der Waals surface area (Å²) in [6.45, 7) is 2.16. The van der Waals surface area contributed by atoms with E-state index < -0.39 is 0 Å². The van der Waals surface area contributed by atoms with Gasteiger partial charge in [0.15, 0.2) is 0 Å². The van der Waals surface area contributed by atoms with Gasteiger partial charge >= 0.3 is 0 Å². The van der Waals surface area contributed by atoms with Crippen molar-refractivity contribution in [2.45, 2.75) is 6.42 Å². The van der Waals surface area contributed by atoms with Gasteiger partial charge in [0.1, 0.15) is 11.5 Å². The van der Waals surface area contributed by atoms with Crippen LogP contribution < -0.4 is 14.8 Å². The number of hydrogen-bond donors (Lipinski definition) is 1. The summed E-state index contributed by atoms with van der Waals surface area (Å²) in [7, 11) is 3.33. The summed E-state index contributed by atoms with van der Waals surface area (Å²) >= 11 is 0. The quantitative estimate of drug-likeness (QED) is 0.797. The molecule has 1 N–H and O–H groups in total. The Bertz CT molecular complexity index is 315. The van der Waals surface area contributed by atoms with Crippen molar-refractivity contribution < 1.29 is 9.47 Å². The van der Waals surface area contributed by atoms with E-state index in [-0.39, 0.29) is 0 Å². The topological polar surface area (TPSA) is 43.4 Å². The molecule has 0 saturated carbocycles. The molecule has 1 aliphatic heterocycles. The van der Waals surface area contributed by atoms with Crippen molar-refractivity contribution >= 4 is 0 Å². The molecule has 0 bridgehead atoms. The minimum Gasteiger partial charge on any atom is -0.495 e. The molecule has 4 nitrogen and oxygen atoms in total. The molecule has 0 aromatic carbocycles. The summed E-state index contributed by atoms with van der Waals surface area (Å²) in [5.74, 6) is 2.33. The average Bonchev–Trinajstić information content (AvgIpc) is 2.23. The lowest BCUT2D eigenvalue weighted by Crippen LogP contribution is -2.43. The first-order chi connectivity index (χ1) is 7.35. The summed E-state index contributed by atoms with van der Waals surface area (Å²) < 4.78 is 10.6. The molecule has 82 valence electrons. The number of nitrogens with one attached hydrogen (secondary N) is 1. The molecule has 0 aliphatic carbocycles. The minimum atomic E-state index is 0.690. The molecule has 0 amide bonds. The second kappa shape index (κ2) is 4.49. The third-order valence-corrected chi connectivity index (χ3v) is 2.78. The first-order valence-corrected chi connectivity index (χ1v) is 5.10. The molecule has 4 heteroatoms. The molecule has 1 aromatic rings. The molecule has 1 saturated heterocycles. The highest BCUT2D eigenvalue weighted by atomic mass is 16.5. The van der Waals surface area contributed by atoms with Gasteiger partial charge in [-0.2, -0.15) is 0 Å². The van der Waals surface area contributed by atoms with Crippen LogP contribution in [0.2, 0.25) is 0 Å². The maximum Gasteiger partial charge on any atom is 0.144 e. The fourth-order valence-electron chi connectivity index (χ4n) is 1.78. The molecule has 0 unspecified atom stereocenters. The number of methoxy groups -OCH3 is 2. The standard InChI is InChI=1S/C11H16N2O2/c1-14-10-6-13-7-11(15-2)9(10)3-8-4-12-5-8/h6-8,12H,3-5H2,1-2H3. The Labute approximate surface area is 89.6 Å².